The first-order valence-electron chi connectivity index (χ1n) is 5.77. The molecule has 0 radical (unpaired) electrons. The first-order valence-corrected chi connectivity index (χ1v) is 5.77. The number of carbonyl (C=O) groups excluding carboxylic acids is 1. The Morgan fingerprint density at radius 2 is 2.15 bits per heavy atom. The number of nitrogens with one attached hydrogen (secondary N) is 2. The molecule has 0 aliphatic rings. The van der Waals surface area contributed by atoms with Gasteiger partial charge in [0.15, 0.2) is 5.75 Å². The van der Waals surface area contributed by atoms with Gasteiger partial charge in [-0.2, -0.15) is 0 Å². The van der Waals surface area contributed by atoms with E-state index in [1.54, 1.807) is 20.0 Å². The Hall–Kier alpha value is -1.86. The molecule has 0 fully saturated rings. The van der Waals surface area contributed by atoms with Crippen molar-refractivity contribution in [2.75, 3.05) is 26.0 Å². The number of nitro groups is 1. The molecule has 2 N–H and O–H groups in total. The summed E-state index contributed by atoms with van der Waals surface area (Å²) in [4.78, 5) is 22.1. The van der Waals surface area contributed by atoms with Crippen LogP contribution in [-0.2, 0) is 4.79 Å². The molecule has 1 aromatic rings. The van der Waals surface area contributed by atoms with Crippen molar-refractivity contribution in [1.82, 2.24) is 5.32 Å². The van der Waals surface area contributed by atoms with Crippen LogP contribution in [0.25, 0.3) is 0 Å². The van der Waals surface area contributed by atoms with Gasteiger partial charge in [0.05, 0.1) is 12.0 Å². The molecule has 112 valence electrons. The minimum Gasteiger partial charge on any atom is -0.490 e. The second-order valence-corrected chi connectivity index (χ2v) is 4.09. The first-order chi connectivity index (χ1) is 8.99. The lowest BCUT2D eigenvalue weighted by molar-refractivity contribution is -0.385. The van der Waals surface area contributed by atoms with E-state index in [9.17, 15) is 14.9 Å². The minimum absolute atomic E-state index is 0. The van der Waals surface area contributed by atoms with Crippen molar-refractivity contribution in [2.45, 2.75) is 6.92 Å². The Morgan fingerprint density at radius 1 is 1.50 bits per heavy atom. The van der Waals surface area contributed by atoms with Gasteiger partial charge in [0.2, 0.25) is 5.91 Å². The molecular formula is C12H18ClN3O4. The molecule has 0 saturated carbocycles. The molecule has 1 rings (SSSR count). The monoisotopic (exact) mass is 303 g/mol. The van der Waals surface area contributed by atoms with Crippen LogP contribution in [0.1, 0.15) is 6.92 Å². The molecule has 0 bridgehead atoms. The van der Waals surface area contributed by atoms with Crippen LogP contribution in [0, 0.1) is 16.0 Å². The highest BCUT2D eigenvalue weighted by Gasteiger charge is 2.17. The van der Waals surface area contributed by atoms with Crippen LogP contribution in [0.15, 0.2) is 18.2 Å². The lowest BCUT2D eigenvalue weighted by Crippen LogP contribution is -2.28. The molecule has 1 amide bonds. The van der Waals surface area contributed by atoms with Gasteiger partial charge in [-0.3, -0.25) is 14.9 Å². The average Bonchev–Trinajstić information content (AvgIpc) is 2.38. The van der Waals surface area contributed by atoms with Gasteiger partial charge < -0.3 is 15.4 Å². The van der Waals surface area contributed by atoms with Crippen molar-refractivity contribution in [3.63, 3.8) is 0 Å². The quantitative estimate of drug-likeness (QED) is 0.617. The number of methoxy groups -OCH3 is 1. The number of benzene rings is 1. The lowest BCUT2D eigenvalue weighted by atomic mass is 10.1. The molecule has 8 heteroatoms. The fraction of sp³-hybridized carbons (Fsp3) is 0.417. The van der Waals surface area contributed by atoms with Gasteiger partial charge in [-0.05, 0) is 19.2 Å². The van der Waals surface area contributed by atoms with Crippen molar-refractivity contribution in [3.8, 4) is 5.75 Å². The number of carbonyl (C=O) groups is 1. The number of rotatable bonds is 6. The molecule has 7 nitrogen and oxygen atoms in total. The predicted molar refractivity (Wildman–Crippen MR) is 78.6 cm³/mol. The van der Waals surface area contributed by atoms with Crippen LogP contribution >= 0.6 is 12.4 Å². The molecule has 1 atom stereocenters. The Labute approximate surface area is 123 Å². The van der Waals surface area contributed by atoms with Crippen LogP contribution in [0.3, 0.4) is 0 Å². The zero-order chi connectivity index (χ0) is 14.4. The fourth-order valence-corrected chi connectivity index (χ4v) is 1.57. The van der Waals surface area contributed by atoms with Crippen LogP contribution in [-0.4, -0.2) is 31.5 Å². The highest BCUT2D eigenvalue weighted by atomic mass is 35.5. The molecule has 0 spiro atoms. The summed E-state index contributed by atoms with van der Waals surface area (Å²) in [5, 5.41) is 16.4. The Bertz CT molecular complexity index is 482. The van der Waals surface area contributed by atoms with E-state index in [2.05, 4.69) is 10.6 Å². The topological polar surface area (TPSA) is 93.5 Å². The largest absolute Gasteiger partial charge is 0.490 e. The molecule has 1 aromatic carbocycles. The summed E-state index contributed by atoms with van der Waals surface area (Å²) in [6.07, 6.45) is 0. The maximum Gasteiger partial charge on any atom is 0.312 e. The second-order valence-electron chi connectivity index (χ2n) is 4.09. The third-order valence-corrected chi connectivity index (χ3v) is 2.60. The Balaban J connectivity index is 0.00000361. The van der Waals surface area contributed by atoms with E-state index in [0.29, 0.717) is 12.2 Å². The molecule has 0 aliphatic carbocycles. The van der Waals surface area contributed by atoms with Gasteiger partial charge in [-0.15, -0.1) is 12.4 Å². The predicted octanol–water partition coefficient (Wildman–Crippen LogP) is 1.82. The van der Waals surface area contributed by atoms with E-state index in [4.69, 9.17) is 4.74 Å². The number of nitro benzene ring substituents is 1. The summed E-state index contributed by atoms with van der Waals surface area (Å²) in [6.45, 7) is 2.30. The summed E-state index contributed by atoms with van der Waals surface area (Å²) in [7, 11) is 3.11. The maximum atomic E-state index is 11.8. The Morgan fingerprint density at radius 3 is 2.65 bits per heavy atom. The molecule has 1 unspecified atom stereocenters. The average molecular weight is 304 g/mol. The zero-order valence-corrected chi connectivity index (χ0v) is 12.3. The van der Waals surface area contributed by atoms with Crippen LogP contribution < -0.4 is 15.4 Å². The standard InChI is InChI=1S/C12H17N3O4.ClH/c1-8(7-13-2)12(16)14-9-4-5-11(19-3)10(6-9)15(17)18;/h4-6,8,13H,7H2,1-3H3,(H,14,16);1H. The maximum absolute atomic E-state index is 11.8. The van der Waals surface area contributed by atoms with E-state index in [-0.39, 0.29) is 35.7 Å². The summed E-state index contributed by atoms with van der Waals surface area (Å²) in [5.41, 5.74) is 0.196. The Kier molecular flexibility index (Phi) is 7.56. The van der Waals surface area contributed by atoms with Crippen molar-refractivity contribution in [2.24, 2.45) is 5.92 Å². The van der Waals surface area contributed by atoms with Crippen molar-refractivity contribution in [1.29, 1.82) is 0 Å². The summed E-state index contributed by atoms with van der Waals surface area (Å²) < 4.78 is 4.89. The van der Waals surface area contributed by atoms with E-state index >= 15 is 0 Å². The number of halogens is 1. The molecular weight excluding hydrogens is 286 g/mol. The highest BCUT2D eigenvalue weighted by molar-refractivity contribution is 5.93. The summed E-state index contributed by atoms with van der Waals surface area (Å²) in [6, 6.07) is 4.30. The first kappa shape index (κ1) is 18.1. The van der Waals surface area contributed by atoms with Gasteiger partial charge in [0.25, 0.3) is 0 Å². The van der Waals surface area contributed by atoms with Crippen LogP contribution in [0.5, 0.6) is 5.75 Å². The third kappa shape index (κ3) is 4.67. The van der Waals surface area contributed by atoms with Crippen molar-refractivity contribution < 1.29 is 14.5 Å². The van der Waals surface area contributed by atoms with Crippen molar-refractivity contribution in [3.05, 3.63) is 28.3 Å². The van der Waals surface area contributed by atoms with E-state index in [0.717, 1.165) is 0 Å². The molecule has 0 heterocycles. The third-order valence-electron chi connectivity index (χ3n) is 2.60. The van der Waals surface area contributed by atoms with Gasteiger partial charge in [-0.1, -0.05) is 6.92 Å². The molecule has 20 heavy (non-hydrogen) atoms. The molecule has 0 aromatic heterocycles. The number of hydrogen-bond donors (Lipinski definition) is 2. The summed E-state index contributed by atoms with van der Waals surface area (Å²) in [5.74, 6) is -0.272. The van der Waals surface area contributed by atoms with E-state index in [1.807, 2.05) is 0 Å². The highest BCUT2D eigenvalue weighted by Crippen LogP contribution is 2.29. The van der Waals surface area contributed by atoms with Gasteiger partial charge in [-0.25, -0.2) is 0 Å². The van der Waals surface area contributed by atoms with E-state index < -0.39 is 4.92 Å². The molecule has 0 aliphatic heterocycles. The van der Waals surface area contributed by atoms with Gasteiger partial charge >= 0.3 is 5.69 Å². The number of ether oxygens (including phenoxy) is 1. The van der Waals surface area contributed by atoms with E-state index in [1.165, 1.54) is 19.2 Å². The summed E-state index contributed by atoms with van der Waals surface area (Å²) >= 11 is 0. The lowest BCUT2D eigenvalue weighted by Gasteiger charge is -2.12. The number of amides is 1. The van der Waals surface area contributed by atoms with Crippen LogP contribution in [0.2, 0.25) is 0 Å². The number of hydrogen-bond acceptors (Lipinski definition) is 5. The SMILES string of the molecule is CNCC(C)C(=O)Nc1ccc(OC)c([N+](=O)[O-])c1.Cl. The number of nitrogens with zero attached hydrogens (tertiary/aromatic N) is 1. The second kappa shape index (κ2) is 8.34. The van der Waals surface area contributed by atoms with Gasteiger partial charge in [0.1, 0.15) is 0 Å². The minimum atomic E-state index is -0.550. The smallest absolute Gasteiger partial charge is 0.312 e. The molecule has 0 saturated heterocycles. The fourth-order valence-electron chi connectivity index (χ4n) is 1.57. The van der Waals surface area contributed by atoms with Gasteiger partial charge in [0, 0.05) is 24.2 Å². The zero-order valence-electron chi connectivity index (χ0n) is 11.5. The van der Waals surface area contributed by atoms with Crippen LogP contribution in [0.4, 0.5) is 11.4 Å². The van der Waals surface area contributed by atoms with Crippen molar-refractivity contribution >= 4 is 29.7 Å². The normalized spacial score (nSPS) is 11.2. The number of anilines is 1.